The summed E-state index contributed by atoms with van der Waals surface area (Å²) in [6, 6.07) is 9.96. The molecule has 0 saturated heterocycles. The van der Waals surface area contributed by atoms with Gasteiger partial charge in [-0.15, -0.1) is 0 Å². The molecule has 0 aliphatic rings. The monoisotopic (exact) mass is 412 g/mol. The Balaban J connectivity index is 1.89. The van der Waals surface area contributed by atoms with E-state index in [0.29, 0.717) is 26.6 Å². The van der Waals surface area contributed by atoms with E-state index in [2.05, 4.69) is 26.5 Å². The van der Waals surface area contributed by atoms with Crippen LogP contribution in [0.5, 0.6) is 17.2 Å². The molecule has 2 aromatic rings. The fraction of sp³-hybridized carbons (Fsp3) is 0.125. The number of halogens is 2. The van der Waals surface area contributed by atoms with Gasteiger partial charge in [-0.3, -0.25) is 4.79 Å². The second-order valence-electron chi connectivity index (χ2n) is 4.59. The Morgan fingerprint density at radius 2 is 2.21 bits per heavy atom. The zero-order valence-electron chi connectivity index (χ0n) is 12.6. The number of aromatic hydroxyl groups is 1. The molecule has 0 aliphatic carbocycles. The molecular formula is C16H14BrClN2O4. The molecule has 24 heavy (non-hydrogen) atoms. The minimum atomic E-state index is -0.420. The number of hydrogen-bond donors (Lipinski definition) is 2. The summed E-state index contributed by atoms with van der Waals surface area (Å²) in [6.45, 7) is -0.194. The van der Waals surface area contributed by atoms with E-state index in [9.17, 15) is 9.90 Å². The molecule has 0 aromatic heterocycles. The summed E-state index contributed by atoms with van der Waals surface area (Å²) in [5.74, 6) is 0.361. The van der Waals surface area contributed by atoms with Gasteiger partial charge < -0.3 is 14.6 Å². The first-order valence-corrected chi connectivity index (χ1v) is 7.93. The highest BCUT2D eigenvalue weighted by atomic mass is 79.9. The van der Waals surface area contributed by atoms with E-state index in [4.69, 9.17) is 21.1 Å². The standard InChI is InChI=1S/C16H14BrClN2O4/c1-23-14-6-10(5-13(17)16(14)22)8-19-20-15(21)9-24-12-4-2-3-11(18)7-12/h2-8,22H,9H2,1H3,(H,20,21). The number of benzene rings is 2. The molecule has 0 spiro atoms. The molecule has 126 valence electrons. The topological polar surface area (TPSA) is 80.2 Å². The van der Waals surface area contributed by atoms with Crippen LogP contribution in [-0.2, 0) is 4.79 Å². The minimum absolute atomic E-state index is 0.00592. The van der Waals surface area contributed by atoms with E-state index in [0.717, 1.165) is 0 Å². The van der Waals surface area contributed by atoms with Crippen molar-refractivity contribution in [1.29, 1.82) is 0 Å². The number of phenolic OH excluding ortho intramolecular Hbond substituents is 1. The summed E-state index contributed by atoms with van der Waals surface area (Å²) in [6.07, 6.45) is 1.42. The van der Waals surface area contributed by atoms with Crippen LogP contribution in [0.15, 0.2) is 46.0 Å². The second-order valence-corrected chi connectivity index (χ2v) is 5.88. The van der Waals surface area contributed by atoms with E-state index in [1.807, 2.05) is 0 Å². The van der Waals surface area contributed by atoms with Gasteiger partial charge in [0.15, 0.2) is 18.1 Å². The SMILES string of the molecule is COc1cc(C=NNC(=O)COc2cccc(Cl)c2)cc(Br)c1O. The van der Waals surface area contributed by atoms with E-state index < -0.39 is 5.91 Å². The predicted molar refractivity (Wildman–Crippen MR) is 95.0 cm³/mol. The van der Waals surface area contributed by atoms with Crippen LogP contribution in [0.3, 0.4) is 0 Å². The van der Waals surface area contributed by atoms with Crippen molar-refractivity contribution >= 4 is 39.7 Å². The number of phenols is 1. The number of hydrogen-bond acceptors (Lipinski definition) is 5. The Bertz CT molecular complexity index is 768. The van der Waals surface area contributed by atoms with E-state index >= 15 is 0 Å². The zero-order chi connectivity index (χ0) is 17.5. The molecule has 2 N–H and O–H groups in total. The molecule has 1 amide bonds. The summed E-state index contributed by atoms with van der Waals surface area (Å²) >= 11 is 9.03. The number of nitrogens with one attached hydrogen (secondary N) is 1. The summed E-state index contributed by atoms with van der Waals surface area (Å²) in [7, 11) is 1.44. The van der Waals surface area contributed by atoms with Crippen molar-refractivity contribution in [2.45, 2.75) is 0 Å². The highest BCUT2D eigenvalue weighted by Gasteiger charge is 2.07. The van der Waals surface area contributed by atoms with Gasteiger partial charge in [0, 0.05) is 5.02 Å². The first-order chi connectivity index (χ1) is 11.5. The maximum absolute atomic E-state index is 11.7. The number of methoxy groups -OCH3 is 1. The summed E-state index contributed by atoms with van der Waals surface area (Å²) < 4.78 is 10.8. The van der Waals surface area contributed by atoms with Gasteiger partial charge in [0.25, 0.3) is 5.91 Å². The summed E-state index contributed by atoms with van der Waals surface area (Å²) in [5.41, 5.74) is 2.97. The quantitative estimate of drug-likeness (QED) is 0.562. The van der Waals surface area contributed by atoms with Gasteiger partial charge in [0.05, 0.1) is 17.8 Å². The third kappa shape index (κ3) is 5.14. The van der Waals surface area contributed by atoms with Gasteiger partial charge in [-0.1, -0.05) is 17.7 Å². The van der Waals surface area contributed by atoms with Crippen molar-refractivity contribution < 1.29 is 19.4 Å². The average molecular weight is 414 g/mol. The molecule has 0 atom stereocenters. The van der Waals surface area contributed by atoms with Gasteiger partial charge in [-0.05, 0) is 51.8 Å². The van der Waals surface area contributed by atoms with Gasteiger partial charge in [-0.25, -0.2) is 5.43 Å². The number of rotatable bonds is 6. The highest BCUT2D eigenvalue weighted by Crippen LogP contribution is 2.34. The van der Waals surface area contributed by atoms with Crippen molar-refractivity contribution in [3.05, 3.63) is 51.5 Å². The van der Waals surface area contributed by atoms with Crippen molar-refractivity contribution in [2.75, 3.05) is 13.7 Å². The lowest BCUT2D eigenvalue weighted by Gasteiger charge is -2.06. The molecule has 0 aliphatic heterocycles. The Hall–Kier alpha value is -2.25. The lowest BCUT2D eigenvalue weighted by Crippen LogP contribution is -2.24. The third-order valence-corrected chi connectivity index (χ3v) is 3.68. The first kappa shape index (κ1) is 18.1. The number of amides is 1. The summed E-state index contributed by atoms with van der Waals surface area (Å²) in [4.78, 5) is 11.7. The number of carbonyl (C=O) groups excluding carboxylic acids is 1. The largest absolute Gasteiger partial charge is 0.503 e. The molecule has 2 aromatic carbocycles. The van der Waals surface area contributed by atoms with E-state index in [1.54, 1.807) is 36.4 Å². The first-order valence-electron chi connectivity index (χ1n) is 6.76. The van der Waals surface area contributed by atoms with Gasteiger partial charge in [0.1, 0.15) is 5.75 Å². The van der Waals surface area contributed by atoms with Crippen LogP contribution in [0.2, 0.25) is 5.02 Å². The average Bonchev–Trinajstić information content (AvgIpc) is 2.56. The molecule has 0 bridgehead atoms. The molecule has 0 heterocycles. The molecule has 0 unspecified atom stereocenters. The molecule has 8 heteroatoms. The molecule has 2 rings (SSSR count). The lowest BCUT2D eigenvalue weighted by molar-refractivity contribution is -0.123. The Kier molecular flexibility index (Phi) is 6.45. The zero-order valence-corrected chi connectivity index (χ0v) is 15.0. The van der Waals surface area contributed by atoms with Gasteiger partial charge in [-0.2, -0.15) is 5.10 Å². The van der Waals surface area contributed by atoms with E-state index in [-0.39, 0.29) is 12.4 Å². The fourth-order valence-electron chi connectivity index (χ4n) is 1.74. The molecule has 0 saturated carbocycles. The van der Waals surface area contributed by atoms with Crippen molar-refractivity contribution in [2.24, 2.45) is 5.10 Å². The third-order valence-electron chi connectivity index (χ3n) is 2.84. The van der Waals surface area contributed by atoms with Crippen LogP contribution in [0.25, 0.3) is 0 Å². The van der Waals surface area contributed by atoms with Crippen LogP contribution >= 0.6 is 27.5 Å². The predicted octanol–water partition coefficient (Wildman–Crippen LogP) is 3.35. The van der Waals surface area contributed by atoms with Crippen molar-refractivity contribution in [3.63, 3.8) is 0 Å². The van der Waals surface area contributed by atoms with Crippen LogP contribution < -0.4 is 14.9 Å². The van der Waals surface area contributed by atoms with E-state index in [1.165, 1.54) is 13.3 Å². The maximum atomic E-state index is 11.7. The van der Waals surface area contributed by atoms with Crippen LogP contribution in [-0.4, -0.2) is 30.9 Å². The van der Waals surface area contributed by atoms with Crippen LogP contribution in [0.1, 0.15) is 5.56 Å². The number of ether oxygens (including phenoxy) is 2. The normalized spacial score (nSPS) is 10.6. The molecule has 6 nitrogen and oxygen atoms in total. The van der Waals surface area contributed by atoms with Crippen LogP contribution in [0.4, 0.5) is 0 Å². The molecular weight excluding hydrogens is 400 g/mol. The Morgan fingerprint density at radius 3 is 2.92 bits per heavy atom. The highest BCUT2D eigenvalue weighted by molar-refractivity contribution is 9.10. The summed E-state index contributed by atoms with van der Waals surface area (Å²) in [5, 5.41) is 14.1. The number of carbonyl (C=O) groups is 1. The van der Waals surface area contributed by atoms with Crippen LogP contribution in [0, 0.1) is 0 Å². The molecule has 0 fully saturated rings. The fourth-order valence-corrected chi connectivity index (χ4v) is 2.38. The maximum Gasteiger partial charge on any atom is 0.277 e. The smallest absolute Gasteiger partial charge is 0.277 e. The van der Waals surface area contributed by atoms with Gasteiger partial charge in [0.2, 0.25) is 0 Å². The van der Waals surface area contributed by atoms with Gasteiger partial charge >= 0.3 is 0 Å². The number of nitrogens with zero attached hydrogens (tertiary/aromatic N) is 1. The Labute approximate surface area is 152 Å². The van der Waals surface area contributed by atoms with Crippen molar-refractivity contribution in [3.8, 4) is 17.2 Å². The lowest BCUT2D eigenvalue weighted by atomic mass is 10.2. The molecule has 0 radical (unpaired) electrons. The Morgan fingerprint density at radius 1 is 1.42 bits per heavy atom. The van der Waals surface area contributed by atoms with Crippen molar-refractivity contribution in [1.82, 2.24) is 5.43 Å². The minimum Gasteiger partial charge on any atom is -0.503 e. The number of hydrazone groups is 1. The second kappa shape index (κ2) is 8.56.